The summed E-state index contributed by atoms with van der Waals surface area (Å²) in [5.74, 6) is 0.558. The second kappa shape index (κ2) is 6.34. The van der Waals surface area contributed by atoms with Crippen molar-refractivity contribution < 1.29 is 9.53 Å². The van der Waals surface area contributed by atoms with Crippen LogP contribution in [0.2, 0.25) is 0 Å². The average molecular weight is 338 g/mol. The number of carbonyl (C=O) groups is 1. The summed E-state index contributed by atoms with van der Waals surface area (Å²) in [4.78, 5) is 15.1. The summed E-state index contributed by atoms with van der Waals surface area (Å²) >= 11 is 0. The van der Waals surface area contributed by atoms with Crippen LogP contribution in [0, 0.1) is 0 Å². The van der Waals surface area contributed by atoms with Gasteiger partial charge < -0.3 is 4.74 Å². The first-order valence-corrected chi connectivity index (χ1v) is 9.32. The molecule has 4 nitrogen and oxygen atoms in total. The Hall–Kier alpha value is -2.07. The lowest BCUT2D eigenvalue weighted by Crippen LogP contribution is -2.47. The van der Waals surface area contributed by atoms with Crippen LogP contribution in [-0.4, -0.2) is 41.8 Å². The Kier molecular flexibility index (Phi) is 4.16. The molecule has 1 aromatic carbocycles. The number of rotatable bonds is 3. The Balaban J connectivity index is 1.94. The van der Waals surface area contributed by atoms with Crippen molar-refractivity contribution in [2.24, 2.45) is 0 Å². The Morgan fingerprint density at radius 3 is 3.00 bits per heavy atom. The highest BCUT2D eigenvalue weighted by Crippen LogP contribution is 2.45. The highest BCUT2D eigenvalue weighted by Gasteiger charge is 2.39. The fraction of sp³-hybridized carbons (Fsp3) is 0.476. The molecule has 1 aliphatic heterocycles. The highest BCUT2D eigenvalue weighted by molar-refractivity contribution is 5.98. The quantitative estimate of drug-likeness (QED) is 0.831. The number of aromatic nitrogens is 1. The molecule has 2 aromatic rings. The molecule has 2 atom stereocenters. The number of likely N-dealkylation sites (tertiary alicyclic amines) is 1. The first-order valence-electron chi connectivity index (χ1n) is 9.32. The van der Waals surface area contributed by atoms with Crippen LogP contribution in [0.5, 0.6) is 0 Å². The van der Waals surface area contributed by atoms with Crippen molar-refractivity contribution in [1.82, 2.24) is 9.47 Å². The van der Waals surface area contributed by atoms with Crippen LogP contribution in [0.25, 0.3) is 17.0 Å². The second-order valence-electron chi connectivity index (χ2n) is 7.17. The SMILES string of the molecule is C=Cc1c2c3c(cccc3n1C(=O)OC)[C@H]1CCCN(CCC)[C@@H]1C2. The van der Waals surface area contributed by atoms with E-state index >= 15 is 0 Å². The van der Waals surface area contributed by atoms with E-state index in [1.54, 1.807) is 4.57 Å². The van der Waals surface area contributed by atoms with Gasteiger partial charge in [-0.05, 0) is 62.0 Å². The summed E-state index contributed by atoms with van der Waals surface area (Å²) in [5.41, 5.74) is 4.51. The number of hydrogen-bond acceptors (Lipinski definition) is 3. The molecule has 1 aromatic heterocycles. The van der Waals surface area contributed by atoms with Crippen LogP contribution < -0.4 is 0 Å². The van der Waals surface area contributed by atoms with E-state index in [0.29, 0.717) is 12.0 Å². The largest absolute Gasteiger partial charge is 0.452 e. The van der Waals surface area contributed by atoms with Crippen molar-refractivity contribution in [1.29, 1.82) is 0 Å². The van der Waals surface area contributed by atoms with E-state index in [0.717, 1.165) is 24.2 Å². The number of fused-ring (bicyclic) bond motifs is 2. The van der Waals surface area contributed by atoms with Gasteiger partial charge >= 0.3 is 6.09 Å². The molecule has 0 saturated carbocycles. The predicted molar refractivity (Wildman–Crippen MR) is 101 cm³/mol. The van der Waals surface area contributed by atoms with Gasteiger partial charge in [0.25, 0.3) is 0 Å². The summed E-state index contributed by atoms with van der Waals surface area (Å²) in [7, 11) is 1.44. The fourth-order valence-corrected chi connectivity index (χ4v) is 5.02. The van der Waals surface area contributed by atoms with Gasteiger partial charge in [0, 0.05) is 17.3 Å². The smallest absolute Gasteiger partial charge is 0.418 e. The number of piperidine rings is 1. The van der Waals surface area contributed by atoms with Crippen molar-refractivity contribution >= 4 is 23.1 Å². The average Bonchev–Trinajstić information content (AvgIpc) is 2.97. The molecular formula is C21H26N2O2. The number of hydrogen-bond donors (Lipinski definition) is 0. The van der Waals surface area contributed by atoms with E-state index in [9.17, 15) is 4.79 Å². The molecule has 0 amide bonds. The molecule has 0 N–H and O–H groups in total. The molecule has 2 heterocycles. The first-order chi connectivity index (χ1) is 12.2. The molecule has 0 spiro atoms. The van der Waals surface area contributed by atoms with Crippen molar-refractivity contribution in [2.45, 2.75) is 44.6 Å². The lowest BCUT2D eigenvalue weighted by atomic mass is 9.74. The van der Waals surface area contributed by atoms with Crippen LogP contribution in [0.15, 0.2) is 24.8 Å². The molecule has 4 rings (SSSR count). The zero-order chi connectivity index (χ0) is 17.6. The molecule has 1 saturated heterocycles. The minimum atomic E-state index is -0.335. The third-order valence-corrected chi connectivity index (χ3v) is 5.94. The van der Waals surface area contributed by atoms with Crippen molar-refractivity contribution in [3.63, 3.8) is 0 Å². The maximum absolute atomic E-state index is 12.4. The molecule has 1 fully saturated rings. The maximum Gasteiger partial charge on any atom is 0.418 e. The van der Waals surface area contributed by atoms with Crippen molar-refractivity contribution in [3.05, 3.63) is 41.6 Å². The van der Waals surface area contributed by atoms with Crippen molar-refractivity contribution in [3.8, 4) is 0 Å². The van der Waals surface area contributed by atoms with E-state index in [1.807, 2.05) is 12.1 Å². The third kappa shape index (κ3) is 2.35. The Bertz CT molecular complexity index is 834. The number of ether oxygens (including phenoxy) is 1. The summed E-state index contributed by atoms with van der Waals surface area (Å²) < 4.78 is 6.75. The molecule has 1 aliphatic carbocycles. The number of carbonyl (C=O) groups excluding carboxylic acids is 1. The molecule has 132 valence electrons. The number of nitrogens with zero attached hydrogens (tertiary/aromatic N) is 2. The summed E-state index contributed by atoms with van der Waals surface area (Å²) in [6.45, 7) is 8.56. The second-order valence-corrected chi connectivity index (χ2v) is 7.17. The van der Waals surface area contributed by atoms with Crippen LogP contribution in [0.4, 0.5) is 4.79 Å². The van der Waals surface area contributed by atoms with Gasteiger partial charge in [0.15, 0.2) is 0 Å². The van der Waals surface area contributed by atoms with Gasteiger partial charge in [-0.15, -0.1) is 0 Å². The molecule has 4 heteroatoms. The van der Waals surface area contributed by atoms with Gasteiger partial charge in [0.05, 0.1) is 18.3 Å². The number of benzene rings is 1. The molecule has 25 heavy (non-hydrogen) atoms. The topological polar surface area (TPSA) is 34.5 Å². The Morgan fingerprint density at radius 1 is 1.44 bits per heavy atom. The van der Waals surface area contributed by atoms with E-state index in [-0.39, 0.29) is 6.09 Å². The zero-order valence-electron chi connectivity index (χ0n) is 15.1. The van der Waals surface area contributed by atoms with Gasteiger partial charge in [-0.3, -0.25) is 4.90 Å². The summed E-state index contributed by atoms with van der Waals surface area (Å²) in [5, 5.41) is 1.25. The fourth-order valence-electron chi connectivity index (χ4n) is 5.02. The van der Waals surface area contributed by atoms with E-state index in [2.05, 4.69) is 30.5 Å². The van der Waals surface area contributed by atoms with Crippen molar-refractivity contribution in [2.75, 3.05) is 20.2 Å². The maximum atomic E-state index is 12.4. The van der Waals surface area contributed by atoms with Gasteiger partial charge in [-0.1, -0.05) is 25.6 Å². The normalized spacial score (nSPS) is 22.6. The van der Waals surface area contributed by atoms with E-state index < -0.39 is 0 Å². The molecular weight excluding hydrogens is 312 g/mol. The van der Waals surface area contributed by atoms with Crippen LogP contribution in [0.3, 0.4) is 0 Å². The number of methoxy groups -OCH3 is 1. The van der Waals surface area contributed by atoms with Gasteiger partial charge in [0.1, 0.15) is 0 Å². The molecule has 2 aliphatic rings. The summed E-state index contributed by atoms with van der Waals surface area (Å²) in [6, 6.07) is 6.89. The van der Waals surface area contributed by atoms with Gasteiger partial charge in [-0.25, -0.2) is 9.36 Å². The third-order valence-electron chi connectivity index (χ3n) is 5.94. The first kappa shape index (κ1) is 16.4. The minimum Gasteiger partial charge on any atom is -0.452 e. The predicted octanol–water partition coefficient (Wildman–Crippen LogP) is 4.41. The van der Waals surface area contributed by atoms with Crippen LogP contribution >= 0.6 is 0 Å². The Labute approximate surface area is 149 Å². The monoisotopic (exact) mass is 338 g/mol. The van der Waals surface area contributed by atoms with Gasteiger partial charge in [0.2, 0.25) is 0 Å². The Morgan fingerprint density at radius 2 is 2.28 bits per heavy atom. The minimum absolute atomic E-state index is 0.335. The molecule has 0 radical (unpaired) electrons. The van der Waals surface area contributed by atoms with Crippen LogP contribution in [0.1, 0.15) is 48.9 Å². The van der Waals surface area contributed by atoms with E-state index in [4.69, 9.17) is 4.74 Å². The molecule has 0 bridgehead atoms. The zero-order valence-corrected chi connectivity index (χ0v) is 15.1. The highest BCUT2D eigenvalue weighted by atomic mass is 16.5. The van der Waals surface area contributed by atoms with Gasteiger partial charge in [-0.2, -0.15) is 0 Å². The lowest BCUT2D eigenvalue weighted by Gasteiger charge is -2.44. The molecule has 0 unspecified atom stereocenters. The van der Waals surface area contributed by atoms with E-state index in [1.165, 1.54) is 49.4 Å². The standard InChI is InChI=1S/C21H26N2O2/c1-4-11-22-12-7-9-14-15-8-6-10-18-20(15)16(13-19(14)22)17(5-2)23(18)21(24)25-3/h5-6,8,10,14,19H,2,4,7,9,11-13H2,1,3H3/t14-,19-/m1/s1. The van der Waals surface area contributed by atoms with Crippen LogP contribution in [-0.2, 0) is 11.2 Å². The summed E-state index contributed by atoms with van der Waals surface area (Å²) in [6.07, 6.45) is 6.12. The lowest BCUT2D eigenvalue weighted by molar-refractivity contribution is 0.124.